The zero-order chi connectivity index (χ0) is 17.9. The van der Waals surface area contributed by atoms with Crippen molar-refractivity contribution in [2.45, 2.75) is 13.3 Å². The SMILES string of the molecule is CCOc1cc(C=NN)ccc1OCC(=O)NCCc1ccccc1. The summed E-state index contributed by atoms with van der Waals surface area (Å²) in [6.45, 7) is 2.86. The first-order chi connectivity index (χ1) is 12.2. The predicted octanol–water partition coefficient (Wildman–Crippen LogP) is 2.12. The Morgan fingerprint density at radius 2 is 1.96 bits per heavy atom. The third kappa shape index (κ3) is 6.18. The van der Waals surface area contributed by atoms with Crippen LogP contribution >= 0.6 is 0 Å². The van der Waals surface area contributed by atoms with Crippen LogP contribution in [-0.2, 0) is 11.2 Å². The standard InChI is InChI=1S/C19H23N3O3/c1-2-24-18-12-16(13-22-20)8-9-17(18)25-14-19(23)21-11-10-15-6-4-3-5-7-15/h3-9,12-13H,2,10-11,14,20H2,1H3,(H,21,23). The van der Waals surface area contributed by atoms with Gasteiger partial charge in [0.25, 0.3) is 5.91 Å². The van der Waals surface area contributed by atoms with Crippen molar-refractivity contribution in [2.24, 2.45) is 10.9 Å². The van der Waals surface area contributed by atoms with E-state index in [1.807, 2.05) is 37.3 Å². The highest BCUT2D eigenvalue weighted by Crippen LogP contribution is 2.28. The third-order valence-electron chi connectivity index (χ3n) is 3.43. The number of amides is 1. The Morgan fingerprint density at radius 1 is 1.16 bits per heavy atom. The molecule has 0 saturated heterocycles. The molecule has 1 amide bonds. The summed E-state index contributed by atoms with van der Waals surface area (Å²) in [5, 5.41) is 6.33. The molecular formula is C19H23N3O3. The molecule has 0 radical (unpaired) electrons. The van der Waals surface area contributed by atoms with Crippen molar-refractivity contribution in [1.29, 1.82) is 0 Å². The number of nitrogens with two attached hydrogens (primary N) is 1. The van der Waals surface area contributed by atoms with Crippen LogP contribution < -0.4 is 20.6 Å². The number of rotatable bonds is 9. The molecule has 3 N–H and O–H groups in total. The first-order valence-corrected chi connectivity index (χ1v) is 8.16. The minimum atomic E-state index is -0.175. The van der Waals surface area contributed by atoms with E-state index in [0.29, 0.717) is 24.7 Å². The summed E-state index contributed by atoms with van der Waals surface area (Å²) in [7, 11) is 0. The molecule has 0 spiro atoms. The number of hydrogen-bond donors (Lipinski definition) is 2. The van der Waals surface area contributed by atoms with Crippen molar-refractivity contribution < 1.29 is 14.3 Å². The van der Waals surface area contributed by atoms with Gasteiger partial charge in [0, 0.05) is 6.54 Å². The zero-order valence-electron chi connectivity index (χ0n) is 14.3. The van der Waals surface area contributed by atoms with E-state index in [0.717, 1.165) is 12.0 Å². The molecule has 2 aromatic carbocycles. The topological polar surface area (TPSA) is 85.9 Å². The fourth-order valence-corrected chi connectivity index (χ4v) is 2.26. The Balaban J connectivity index is 1.84. The van der Waals surface area contributed by atoms with E-state index in [9.17, 15) is 4.79 Å². The van der Waals surface area contributed by atoms with E-state index >= 15 is 0 Å². The van der Waals surface area contributed by atoms with Crippen molar-refractivity contribution in [3.05, 3.63) is 59.7 Å². The van der Waals surface area contributed by atoms with Crippen LogP contribution in [0, 0.1) is 0 Å². The van der Waals surface area contributed by atoms with Crippen LogP contribution in [0.4, 0.5) is 0 Å². The first kappa shape index (κ1) is 18.3. The van der Waals surface area contributed by atoms with Gasteiger partial charge < -0.3 is 20.6 Å². The molecule has 25 heavy (non-hydrogen) atoms. The molecule has 6 nitrogen and oxygen atoms in total. The van der Waals surface area contributed by atoms with Crippen LogP contribution in [0.1, 0.15) is 18.1 Å². The molecule has 6 heteroatoms. The lowest BCUT2D eigenvalue weighted by molar-refractivity contribution is -0.123. The number of benzene rings is 2. The Bertz CT molecular complexity index is 702. The van der Waals surface area contributed by atoms with Gasteiger partial charge in [-0.3, -0.25) is 4.79 Å². The van der Waals surface area contributed by atoms with Crippen LogP contribution in [-0.4, -0.2) is 31.9 Å². The second-order valence-corrected chi connectivity index (χ2v) is 5.29. The summed E-state index contributed by atoms with van der Waals surface area (Å²) in [5.74, 6) is 6.04. The summed E-state index contributed by atoms with van der Waals surface area (Å²) in [5.41, 5.74) is 1.98. The molecule has 0 fully saturated rings. The first-order valence-electron chi connectivity index (χ1n) is 8.16. The molecule has 0 saturated carbocycles. The van der Waals surface area contributed by atoms with Gasteiger partial charge in [-0.05, 0) is 42.7 Å². The van der Waals surface area contributed by atoms with Crippen molar-refractivity contribution >= 4 is 12.1 Å². The Morgan fingerprint density at radius 3 is 2.68 bits per heavy atom. The number of hydrazone groups is 1. The minimum Gasteiger partial charge on any atom is -0.490 e. The average molecular weight is 341 g/mol. The fraction of sp³-hybridized carbons (Fsp3) is 0.263. The Hall–Kier alpha value is -3.02. The predicted molar refractivity (Wildman–Crippen MR) is 98.0 cm³/mol. The Kier molecular flexibility index (Phi) is 7.31. The van der Waals surface area contributed by atoms with Crippen LogP contribution in [0.5, 0.6) is 11.5 Å². The number of nitrogens with zero attached hydrogens (tertiary/aromatic N) is 1. The molecule has 0 bridgehead atoms. The number of ether oxygens (including phenoxy) is 2. The molecule has 2 rings (SSSR count). The monoisotopic (exact) mass is 341 g/mol. The van der Waals surface area contributed by atoms with E-state index in [1.165, 1.54) is 11.8 Å². The number of nitrogens with one attached hydrogen (secondary N) is 1. The summed E-state index contributed by atoms with van der Waals surface area (Å²) in [6.07, 6.45) is 2.30. The minimum absolute atomic E-state index is 0.0702. The van der Waals surface area contributed by atoms with E-state index in [2.05, 4.69) is 10.4 Å². The maximum atomic E-state index is 11.9. The second-order valence-electron chi connectivity index (χ2n) is 5.29. The Labute approximate surface area is 147 Å². The molecule has 0 heterocycles. The highest BCUT2D eigenvalue weighted by atomic mass is 16.5. The average Bonchev–Trinajstić information content (AvgIpc) is 2.62. The van der Waals surface area contributed by atoms with Crippen molar-refractivity contribution in [2.75, 3.05) is 19.8 Å². The maximum absolute atomic E-state index is 11.9. The third-order valence-corrected chi connectivity index (χ3v) is 3.43. The zero-order valence-corrected chi connectivity index (χ0v) is 14.3. The maximum Gasteiger partial charge on any atom is 0.257 e. The number of carbonyl (C=O) groups is 1. The molecule has 0 atom stereocenters. The van der Waals surface area contributed by atoms with Gasteiger partial charge in [0.15, 0.2) is 18.1 Å². The molecular weight excluding hydrogens is 318 g/mol. The summed E-state index contributed by atoms with van der Waals surface area (Å²) in [4.78, 5) is 11.9. The van der Waals surface area contributed by atoms with E-state index in [-0.39, 0.29) is 12.5 Å². The molecule has 132 valence electrons. The van der Waals surface area contributed by atoms with Gasteiger partial charge in [0.2, 0.25) is 0 Å². The van der Waals surface area contributed by atoms with Gasteiger partial charge in [-0.25, -0.2) is 0 Å². The van der Waals surface area contributed by atoms with Gasteiger partial charge in [-0.1, -0.05) is 30.3 Å². The van der Waals surface area contributed by atoms with Crippen LogP contribution in [0.25, 0.3) is 0 Å². The van der Waals surface area contributed by atoms with Gasteiger partial charge in [-0.15, -0.1) is 0 Å². The number of hydrogen-bond acceptors (Lipinski definition) is 5. The molecule has 0 aliphatic rings. The van der Waals surface area contributed by atoms with Gasteiger partial charge in [-0.2, -0.15) is 5.10 Å². The van der Waals surface area contributed by atoms with Gasteiger partial charge >= 0.3 is 0 Å². The highest BCUT2D eigenvalue weighted by molar-refractivity contribution is 5.81. The summed E-state index contributed by atoms with van der Waals surface area (Å²) in [6, 6.07) is 15.3. The van der Waals surface area contributed by atoms with E-state index < -0.39 is 0 Å². The van der Waals surface area contributed by atoms with E-state index in [4.69, 9.17) is 15.3 Å². The van der Waals surface area contributed by atoms with Gasteiger partial charge in [0.1, 0.15) is 0 Å². The van der Waals surface area contributed by atoms with E-state index in [1.54, 1.807) is 18.2 Å². The molecule has 0 aliphatic carbocycles. The smallest absolute Gasteiger partial charge is 0.257 e. The van der Waals surface area contributed by atoms with Crippen LogP contribution in [0.2, 0.25) is 0 Å². The molecule has 0 aliphatic heterocycles. The lowest BCUT2D eigenvalue weighted by Crippen LogP contribution is -2.30. The van der Waals surface area contributed by atoms with Crippen LogP contribution in [0.15, 0.2) is 53.6 Å². The molecule has 0 unspecified atom stereocenters. The lowest BCUT2D eigenvalue weighted by Gasteiger charge is -2.12. The molecule has 2 aromatic rings. The number of carbonyl (C=O) groups excluding carboxylic acids is 1. The summed E-state index contributed by atoms with van der Waals surface area (Å²) < 4.78 is 11.1. The van der Waals surface area contributed by atoms with Gasteiger partial charge in [0.05, 0.1) is 12.8 Å². The molecule has 0 aromatic heterocycles. The highest BCUT2D eigenvalue weighted by Gasteiger charge is 2.09. The normalized spacial score (nSPS) is 10.6. The van der Waals surface area contributed by atoms with Crippen LogP contribution in [0.3, 0.4) is 0 Å². The quantitative estimate of drug-likeness (QED) is 0.415. The van der Waals surface area contributed by atoms with Crippen molar-refractivity contribution in [3.63, 3.8) is 0 Å². The van der Waals surface area contributed by atoms with Crippen molar-refractivity contribution in [1.82, 2.24) is 5.32 Å². The summed E-state index contributed by atoms with van der Waals surface area (Å²) >= 11 is 0. The second kappa shape index (κ2) is 9.97. The largest absolute Gasteiger partial charge is 0.490 e. The fourth-order valence-electron chi connectivity index (χ4n) is 2.26. The lowest BCUT2D eigenvalue weighted by atomic mass is 10.1. The van der Waals surface area contributed by atoms with Crippen molar-refractivity contribution in [3.8, 4) is 11.5 Å².